The van der Waals surface area contributed by atoms with Gasteiger partial charge in [0.25, 0.3) is 0 Å². The SMILES string of the molecule is CCC(C)(CN)N1CCCCC1C. The first kappa shape index (κ1) is 11.0. The molecule has 0 aliphatic carbocycles. The van der Waals surface area contributed by atoms with Crippen LogP contribution in [0.2, 0.25) is 0 Å². The Bertz CT molecular complexity index is 152. The molecule has 0 aromatic carbocycles. The Labute approximate surface area is 82.5 Å². The molecule has 1 fully saturated rings. The summed E-state index contributed by atoms with van der Waals surface area (Å²) in [7, 11) is 0. The molecule has 1 rings (SSSR count). The van der Waals surface area contributed by atoms with Gasteiger partial charge in [-0.15, -0.1) is 0 Å². The van der Waals surface area contributed by atoms with E-state index in [1.807, 2.05) is 0 Å². The normalized spacial score (nSPS) is 30.0. The van der Waals surface area contributed by atoms with E-state index in [0.717, 1.165) is 19.0 Å². The molecular formula is C11H24N2. The Hall–Kier alpha value is -0.0800. The summed E-state index contributed by atoms with van der Waals surface area (Å²) in [6.07, 6.45) is 5.24. The van der Waals surface area contributed by atoms with E-state index < -0.39 is 0 Å². The molecule has 0 radical (unpaired) electrons. The van der Waals surface area contributed by atoms with E-state index in [-0.39, 0.29) is 5.54 Å². The van der Waals surface area contributed by atoms with Gasteiger partial charge in [-0.1, -0.05) is 13.3 Å². The van der Waals surface area contributed by atoms with Crippen LogP contribution >= 0.6 is 0 Å². The summed E-state index contributed by atoms with van der Waals surface area (Å²) >= 11 is 0. The van der Waals surface area contributed by atoms with Gasteiger partial charge in [0.15, 0.2) is 0 Å². The highest BCUT2D eigenvalue weighted by Gasteiger charge is 2.33. The smallest absolute Gasteiger partial charge is 0.0303 e. The molecule has 2 N–H and O–H groups in total. The van der Waals surface area contributed by atoms with E-state index in [4.69, 9.17) is 5.73 Å². The molecule has 2 heteroatoms. The second-order valence-corrected chi connectivity index (χ2v) is 4.59. The fourth-order valence-electron chi connectivity index (χ4n) is 2.36. The Kier molecular flexibility index (Phi) is 3.74. The van der Waals surface area contributed by atoms with Gasteiger partial charge in [-0.25, -0.2) is 0 Å². The highest BCUT2D eigenvalue weighted by Crippen LogP contribution is 2.27. The first-order valence-electron chi connectivity index (χ1n) is 5.61. The molecule has 2 atom stereocenters. The van der Waals surface area contributed by atoms with Crippen molar-refractivity contribution < 1.29 is 0 Å². The second kappa shape index (κ2) is 4.43. The van der Waals surface area contributed by atoms with Crippen LogP contribution in [0.15, 0.2) is 0 Å². The standard InChI is InChI=1S/C11H24N2/c1-4-11(3,9-12)13-8-6-5-7-10(13)2/h10H,4-9,12H2,1-3H3. The molecule has 1 aliphatic heterocycles. The molecule has 1 heterocycles. The molecule has 1 aliphatic rings. The highest BCUT2D eigenvalue weighted by molar-refractivity contribution is 4.90. The molecule has 78 valence electrons. The van der Waals surface area contributed by atoms with Gasteiger partial charge in [0.1, 0.15) is 0 Å². The van der Waals surface area contributed by atoms with Crippen LogP contribution in [0.3, 0.4) is 0 Å². The van der Waals surface area contributed by atoms with E-state index in [1.54, 1.807) is 0 Å². The van der Waals surface area contributed by atoms with Gasteiger partial charge >= 0.3 is 0 Å². The molecule has 0 spiro atoms. The van der Waals surface area contributed by atoms with Gasteiger partial charge < -0.3 is 5.73 Å². The number of hydrogen-bond acceptors (Lipinski definition) is 2. The van der Waals surface area contributed by atoms with Crippen molar-refractivity contribution in [2.75, 3.05) is 13.1 Å². The number of hydrogen-bond donors (Lipinski definition) is 1. The van der Waals surface area contributed by atoms with E-state index in [9.17, 15) is 0 Å². The molecule has 2 nitrogen and oxygen atoms in total. The Morgan fingerprint density at radius 2 is 2.15 bits per heavy atom. The Morgan fingerprint density at radius 3 is 2.62 bits per heavy atom. The topological polar surface area (TPSA) is 29.3 Å². The molecule has 0 bridgehead atoms. The first-order valence-corrected chi connectivity index (χ1v) is 5.61. The zero-order valence-electron chi connectivity index (χ0n) is 9.34. The minimum Gasteiger partial charge on any atom is -0.329 e. The molecule has 0 aromatic rings. The molecule has 2 unspecified atom stereocenters. The fraction of sp³-hybridized carbons (Fsp3) is 1.00. The first-order chi connectivity index (χ1) is 6.14. The summed E-state index contributed by atoms with van der Waals surface area (Å²) in [6, 6.07) is 0.724. The Morgan fingerprint density at radius 1 is 1.46 bits per heavy atom. The van der Waals surface area contributed by atoms with E-state index >= 15 is 0 Å². The summed E-state index contributed by atoms with van der Waals surface area (Å²) in [5.74, 6) is 0. The maximum atomic E-state index is 5.87. The zero-order chi connectivity index (χ0) is 9.90. The number of likely N-dealkylation sites (tertiary alicyclic amines) is 1. The van der Waals surface area contributed by atoms with Gasteiger partial charge in [-0.3, -0.25) is 4.90 Å². The highest BCUT2D eigenvalue weighted by atomic mass is 15.2. The van der Waals surface area contributed by atoms with Crippen LogP contribution in [-0.4, -0.2) is 29.6 Å². The van der Waals surface area contributed by atoms with E-state index in [0.29, 0.717) is 0 Å². The fourth-order valence-corrected chi connectivity index (χ4v) is 2.36. The lowest BCUT2D eigenvalue weighted by molar-refractivity contribution is 0.0391. The zero-order valence-corrected chi connectivity index (χ0v) is 9.34. The van der Waals surface area contributed by atoms with Gasteiger partial charge in [0.05, 0.1) is 0 Å². The van der Waals surface area contributed by atoms with Crippen LogP contribution in [0.25, 0.3) is 0 Å². The lowest BCUT2D eigenvalue weighted by Gasteiger charge is -2.46. The van der Waals surface area contributed by atoms with Gasteiger partial charge in [-0.2, -0.15) is 0 Å². The Balaban J connectivity index is 2.65. The quantitative estimate of drug-likeness (QED) is 0.727. The van der Waals surface area contributed by atoms with Crippen molar-refractivity contribution in [2.24, 2.45) is 5.73 Å². The predicted molar refractivity (Wildman–Crippen MR) is 57.8 cm³/mol. The summed E-state index contributed by atoms with van der Waals surface area (Å²) in [4.78, 5) is 2.61. The van der Waals surface area contributed by atoms with Crippen LogP contribution in [0, 0.1) is 0 Å². The molecular weight excluding hydrogens is 160 g/mol. The second-order valence-electron chi connectivity index (χ2n) is 4.59. The van der Waals surface area contributed by atoms with E-state index in [1.165, 1.54) is 25.8 Å². The van der Waals surface area contributed by atoms with Crippen molar-refractivity contribution in [3.8, 4) is 0 Å². The number of nitrogens with zero attached hydrogens (tertiary/aromatic N) is 1. The third-order valence-electron chi connectivity index (χ3n) is 3.70. The van der Waals surface area contributed by atoms with Crippen molar-refractivity contribution in [2.45, 2.75) is 58.0 Å². The number of nitrogens with two attached hydrogens (primary N) is 1. The summed E-state index contributed by atoms with van der Waals surface area (Å²) in [6.45, 7) is 8.91. The molecule has 13 heavy (non-hydrogen) atoms. The predicted octanol–water partition coefficient (Wildman–Crippen LogP) is 1.99. The largest absolute Gasteiger partial charge is 0.329 e. The van der Waals surface area contributed by atoms with Gasteiger partial charge in [0, 0.05) is 18.1 Å². The average molecular weight is 184 g/mol. The molecule has 1 saturated heterocycles. The third-order valence-corrected chi connectivity index (χ3v) is 3.70. The maximum Gasteiger partial charge on any atom is 0.0303 e. The van der Waals surface area contributed by atoms with Crippen LogP contribution in [-0.2, 0) is 0 Å². The monoisotopic (exact) mass is 184 g/mol. The maximum absolute atomic E-state index is 5.87. The van der Waals surface area contributed by atoms with Crippen LogP contribution in [0.1, 0.15) is 46.5 Å². The minimum atomic E-state index is 0.236. The van der Waals surface area contributed by atoms with Crippen molar-refractivity contribution in [1.82, 2.24) is 4.90 Å². The van der Waals surface area contributed by atoms with Crippen LogP contribution < -0.4 is 5.73 Å². The molecule has 0 saturated carbocycles. The average Bonchev–Trinajstić information content (AvgIpc) is 2.17. The lowest BCUT2D eigenvalue weighted by Crippen LogP contribution is -2.56. The van der Waals surface area contributed by atoms with Crippen molar-refractivity contribution in [3.63, 3.8) is 0 Å². The lowest BCUT2D eigenvalue weighted by atomic mass is 9.90. The van der Waals surface area contributed by atoms with Gasteiger partial charge in [0.2, 0.25) is 0 Å². The third kappa shape index (κ3) is 2.23. The minimum absolute atomic E-state index is 0.236. The van der Waals surface area contributed by atoms with Crippen molar-refractivity contribution >= 4 is 0 Å². The van der Waals surface area contributed by atoms with E-state index in [2.05, 4.69) is 25.7 Å². The summed E-state index contributed by atoms with van der Waals surface area (Å²) < 4.78 is 0. The molecule has 0 amide bonds. The van der Waals surface area contributed by atoms with Crippen LogP contribution in [0.5, 0.6) is 0 Å². The van der Waals surface area contributed by atoms with Crippen molar-refractivity contribution in [1.29, 1.82) is 0 Å². The number of rotatable bonds is 3. The van der Waals surface area contributed by atoms with Gasteiger partial charge in [-0.05, 0) is 39.7 Å². The number of piperidine rings is 1. The van der Waals surface area contributed by atoms with Crippen molar-refractivity contribution in [3.05, 3.63) is 0 Å². The van der Waals surface area contributed by atoms with Crippen LogP contribution in [0.4, 0.5) is 0 Å². The summed E-state index contributed by atoms with van der Waals surface area (Å²) in [5.41, 5.74) is 6.10. The molecule has 0 aromatic heterocycles. The summed E-state index contributed by atoms with van der Waals surface area (Å²) in [5, 5.41) is 0.